The maximum absolute atomic E-state index is 10.6. The van der Waals surface area contributed by atoms with Gasteiger partial charge in [-0.1, -0.05) is 6.07 Å². The first-order valence-corrected chi connectivity index (χ1v) is 6.19. The third-order valence-electron chi connectivity index (χ3n) is 2.58. The van der Waals surface area contributed by atoms with E-state index in [-0.39, 0.29) is 5.88 Å². The number of rotatable bonds is 4. The largest absolute Gasteiger partial charge is 0.480 e. The van der Waals surface area contributed by atoms with Crippen molar-refractivity contribution < 1.29 is 14.6 Å². The summed E-state index contributed by atoms with van der Waals surface area (Å²) in [6.07, 6.45) is 1.46. The zero-order valence-electron chi connectivity index (χ0n) is 10.4. The number of thiophene rings is 1. The van der Waals surface area contributed by atoms with Crippen molar-refractivity contribution in [3.8, 4) is 11.8 Å². The van der Waals surface area contributed by atoms with E-state index in [9.17, 15) is 5.11 Å². The minimum absolute atomic E-state index is 0.257. The Morgan fingerprint density at radius 3 is 2.67 bits per heavy atom. The second kappa shape index (κ2) is 4.91. The fourth-order valence-electron chi connectivity index (χ4n) is 1.60. The lowest BCUT2D eigenvalue weighted by atomic mass is 10.0. The molecule has 0 aliphatic rings. The van der Waals surface area contributed by atoms with Crippen LogP contribution in [0.1, 0.15) is 17.5 Å². The van der Waals surface area contributed by atoms with E-state index in [2.05, 4.69) is 9.97 Å². The van der Waals surface area contributed by atoms with Crippen LogP contribution in [0.4, 0.5) is 0 Å². The molecule has 6 heteroatoms. The van der Waals surface area contributed by atoms with Gasteiger partial charge in [0.1, 0.15) is 11.3 Å². The van der Waals surface area contributed by atoms with Gasteiger partial charge in [-0.05, 0) is 18.4 Å². The first-order valence-electron chi connectivity index (χ1n) is 5.31. The number of aromatic nitrogens is 2. The molecule has 0 spiro atoms. The van der Waals surface area contributed by atoms with Crippen LogP contribution in [0.2, 0.25) is 0 Å². The highest BCUT2D eigenvalue weighted by atomic mass is 32.1. The maximum Gasteiger partial charge on any atom is 0.242 e. The van der Waals surface area contributed by atoms with Gasteiger partial charge < -0.3 is 14.6 Å². The van der Waals surface area contributed by atoms with Crippen LogP contribution < -0.4 is 9.47 Å². The van der Waals surface area contributed by atoms with E-state index in [1.165, 1.54) is 31.8 Å². The van der Waals surface area contributed by atoms with E-state index < -0.39 is 5.60 Å². The fraction of sp³-hybridized carbons (Fsp3) is 0.333. The van der Waals surface area contributed by atoms with Gasteiger partial charge >= 0.3 is 0 Å². The molecule has 0 saturated carbocycles. The standard InChI is InChI=1S/C12H14N2O3S/c1-12(15,8-5-4-6-18-8)10-11(17-3)14-9(16-2)7-13-10/h4-7,15H,1-3H3. The monoisotopic (exact) mass is 266 g/mol. The summed E-state index contributed by atoms with van der Waals surface area (Å²) >= 11 is 1.45. The van der Waals surface area contributed by atoms with Crippen LogP contribution in [0.15, 0.2) is 23.7 Å². The summed E-state index contributed by atoms with van der Waals surface area (Å²) < 4.78 is 10.1. The van der Waals surface area contributed by atoms with E-state index >= 15 is 0 Å². The topological polar surface area (TPSA) is 64.5 Å². The Balaban J connectivity index is 2.50. The van der Waals surface area contributed by atoms with Crippen LogP contribution in [0.25, 0.3) is 0 Å². The SMILES string of the molecule is COc1cnc(C(C)(O)c2cccs2)c(OC)n1. The number of aliphatic hydroxyl groups is 1. The predicted molar refractivity (Wildman–Crippen MR) is 68.1 cm³/mol. The molecule has 2 rings (SSSR count). The molecule has 0 amide bonds. The van der Waals surface area contributed by atoms with Crippen LogP contribution in [0.3, 0.4) is 0 Å². The smallest absolute Gasteiger partial charge is 0.242 e. The van der Waals surface area contributed by atoms with Crippen molar-refractivity contribution in [1.82, 2.24) is 9.97 Å². The van der Waals surface area contributed by atoms with E-state index in [1.54, 1.807) is 6.92 Å². The van der Waals surface area contributed by atoms with Crippen LogP contribution in [-0.2, 0) is 5.60 Å². The number of nitrogens with zero attached hydrogens (tertiary/aromatic N) is 2. The minimum atomic E-state index is -1.24. The molecular formula is C12H14N2O3S. The molecule has 0 saturated heterocycles. The second-order valence-electron chi connectivity index (χ2n) is 3.82. The second-order valence-corrected chi connectivity index (χ2v) is 4.77. The summed E-state index contributed by atoms with van der Waals surface area (Å²) in [6, 6.07) is 3.72. The molecule has 1 N–H and O–H groups in total. The Morgan fingerprint density at radius 1 is 1.33 bits per heavy atom. The van der Waals surface area contributed by atoms with Crippen molar-refractivity contribution in [3.05, 3.63) is 34.3 Å². The average Bonchev–Trinajstić information content (AvgIpc) is 2.92. The molecule has 0 radical (unpaired) electrons. The normalized spacial score (nSPS) is 14.0. The molecule has 0 aliphatic carbocycles. The lowest BCUT2D eigenvalue weighted by Gasteiger charge is -2.22. The van der Waals surface area contributed by atoms with E-state index in [1.807, 2.05) is 17.5 Å². The van der Waals surface area contributed by atoms with Crippen molar-refractivity contribution in [2.45, 2.75) is 12.5 Å². The van der Waals surface area contributed by atoms with E-state index in [0.717, 1.165) is 4.88 Å². The molecule has 0 bridgehead atoms. The molecule has 5 nitrogen and oxygen atoms in total. The Kier molecular flexibility index (Phi) is 3.49. The molecule has 2 heterocycles. The van der Waals surface area contributed by atoms with Crippen LogP contribution in [-0.4, -0.2) is 29.3 Å². The highest BCUT2D eigenvalue weighted by Crippen LogP contribution is 2.35. The van der Waals surface area contributed by atoms with Gasteiger partial charge in [-0.2, -0.15) is 4.98 Å². The number of hydrogen-bond acceptors (Lipinski definition) is 6. The first kappa shape index (κ1) is 12.8. The molecule has 18 heavy (non-hydrogen) atoms. The summed E-state index contributed by atoms with van der Waals surface area (Å²) in [6.45, 7) is 1.66. The van der Waals surface area contributed by atoms with Gasteiger partial charge in [0.05, 0.1) is 20.4 Å². The Morgan fingerprint density at radius 2 is 2.11 bits per heavy atom. The summed E-state index contributed by atoms with van der Waals surface area (Å²) in [5.74, 6) is 0.602. The molecule has 0 aromatic carbocycles. The van der Waals surface area contributed by atoms with Crippen LogP contribution >= 0.6 is 11.3 Å². The first-order chi connectivity index (χ1) is 8.59. The Bertz CT molecular complexity index is 526. The van der Waals surface area contributed by atoms with Gasteiger partial charge in [-0.15, -0.1) is 11.3 Å². The number of hydrogen-bond donors (Lipinski definition) is 1. The van der Waals surface area contributed by atoms with E-state index in [0.29, 0.717) is 11.6 Å². The molecular weight excluding hydrogens is 252 g/mol. The summed E-state index contributed by atoms with van der Waals surface area (Å²) in [5.41, 5.74) is -0.869. The minimum Gasteiger partial charge on any atom is -0.480 e. The third kappa shape index (κ3) is 2.16. The van der Waals surface area contributed by atoms with Crippen molar-refractivity contribution >= 4 is 11.3 Å². The highest BCUT2D eigenvalue weighted by Gasteiger charge is 2.33. The van der Waals surface area contributed by atoms with Gasteiger partial charge in [0.2, 0.25) is 11.8 Å². The highest BCUT2D eigenvalue weighted by molar-refractivity contribution is 7.10. The van der Waals surface area contributed by atoms with Gasteiger partial charge in [0.25, 0.3) is 0 Å². The molecule has 0 fully saturated rings. The number of methoxy groups -OCH3 is 2. The molecule has 0 aliphatic heterocycles. The van der Waals surface area contributed by atoms with Crippen molar-refractivity contribution in [3.63, 3.8) is 0 Å². The quantitative estimate of drug-likeness (QED) is 0.914. The fourth-order valence-corrected chi connectivity index (χ4v) is 2.39. The van der Waals surface area contributed by atoms with Crippen molar-refractivity contribution in [2.75, 3.05) is 14.2 Å². The predicted octanol–water partition coefficient (Wildman–Crippen LogP) is 1.81. The third-order valence-corrected chi connectivity index (χ3v) is 3.66. The molecule has 1 unspecified atom stereocenters. The number of ether oxygens (including phenoxy) is 2. The Hall–Kier alpha value is -1.66. The van der Waals surface area contributed by atoms with E-state index in [4.69, 9.17) is 9.47 Å². The molecule has 2 aromatic rings. The van der Waals surface area contributed by atoms with Crippen LogP contribution in [0, 0.1) is 0 Å². The summed E-state index contributed by atoms with van der Waals surface area (Å²) in [5, 5.41) is 12.5. The van der Waals surface area contributed by atoms with Gasteiger partial charge in [0, 0.05) is 4.88 Å². The lowest BCUT2D eigenvalue weighted by Crippen LogP contribution is -2.24. The zero-order chi connectivity index (χ0) is 13.2. The lowest BCUT2D eigenvalue weighted by molar-refractivity contribution is 0.0965. The Labute approximate surface area is 109 Å². The van der Waals surface area contributed by atoms with Crippen molar-refractivity contribution in [2.24, 2.45) is 0 Å². The van der Waals surface area contributed by atoms with Crippen LogP contribution in [0.5, 0.6) is 11.8 Å². The van der Waals surface area contributed by atoms with Gasteiger partial charge in [0.15, 0.2) is 0 Å². The summed E-state index contributed by atoms with van der Waals surface area (Å²) in [7, 11) is 2.98. The van der Waals surface area contributed by atoms with Gasteiger partial charge in [-0.25, -0.2) is 4.98 Å². The van der Waals surface area contributed by atoms with Crippen molar-refractivity contribution in [1.29, 1.82) is 0 Å². The molecule has 1 atom stereocenters. The average molecular weight is 266 g/mol. The summed E-state index contributed by atoms with van der Waals surface area (Å²) in [4.78, 5) is 9.09. The molecule has 2 aromatic heterocycles. The zero-order valence-corrected chi connectivity index (χ0v) is 11.2. The molecule has 96 valence electrons. The maximum atomic E-state index is 10.6. The van der Waals surface area contributed by atoms with Gasteiger partial charge in [-0.3, -0.25) is 0 Å².